The van der Waals surface area contributed by atoms with E-state index in [0.717, 1.165) is 34.7 Å². The molecule has 0 aliphatic rings. The summed E-state index contributed by atoms with van der Waals surface area (Å²) in [7, 11) is 0. The summed E-state index contributed by atoms with van der Waals surface area (Å²) < 4.78 is 2.22. The van der Waals surface area contributed by atoms with Crippen LogP contribution in [0.3, 0.4) is 0 Å². The molecular formula is C15H17N5. The largest absolute Gasteiger partial charge is 0.368 e. The Kier molecular flexibility index (Phi) is 3.10. The summed E-state index contributed by atoms with van der Waals surface area (Å²) in [6, 6.07) is 8.17. The van der Waals surface area contributed by atoms with Gasteiger partial charge >= 0.3 is 0 Å². The van der Waals surface area contributed by atoms with E-state index in [1.54, 1.807) is 6.20 Å². The second kappa shape index (κ2) is 4.92. The number of benzene rings is 1. The maximum absolute atomic E-state index is 5.68. The lowest BCUT2D eigenvalue weighted by atomic mass is 10.2. The second-order valence-corrected chi connectivity index (χ2v) is 4.80. The maximum atomic E-state index is 5.68. The van der Waals surface area contributed by atoms with E-state index in [4.69, 9.17) is 10.7 Å². The number of nitrogens with zero attached hydrogens (tertiary/aromatic N) is 4. The number of fused-ring (bicyclic) bond motifs is 1. The number of rotatable bonds is 3. The van der Waals surface area contributed by atoms with Crippen LogP contribution in [-0.4, -0.2) is 19.5 Å². The molecule has 0 saturated heterocycles. The van der Waals surface area contributed by atoms with Crippen molar-refractivity contribution in [1.29, 1.82) is 0 Å². The number of aryl methyl sites for hydroxylation is 2. The highest BCUT2D eigenvalue weighted by atomic mass is 15.1. The van der Waals surface area contributed by atoms with Crippen LogP contribution in [0.4, 0.5) is 5.95 Å². The molecule has 0 atom stereocenters. The van der Waals surface area contributed by atoms with Crippen molar-refractivity contribution in [2.45, 2.75) is 26.8 Å². The zero-order valence-corrected chi connectivity index (χ0v) is 11.7. The fraction of sp³-hybridized carbons (Fsp3) is 0.267. The van der Waals surface area contributed by atoms with Crippen molar-refractivity contribution in [3.8, 4) is 0 Å². The summed E-state index contributed by atoms with van der Waals surface area (Å²) >= 11 is 0. The fourth-order valence-corrected chi connectivity index (χ4v) is 2.43. The maximum Gasteiger partial charge on any atom is 0.220 e. The first-order valence-electron chi connectivity index (χ1n) is 6.71. The van der Waals surface area contributed by atoms with Crippen molar-refractivity contribution in [2.24, 2.45) is 0 Å². The third kappa shape index (κ3) is 2.11. The van der Waals surface area contributed by atoms with Crippen LogP contribution in [0.2, 0.25) is 0 Å². The van der Waals surface area contributed by atoms with Gasteiger partial charge in [0.25, 0.3) is 0 Å². The molecule has 3 aromatic rings. The molecule has 0 spiro atoms. The monoisotopic (exact) mass is 267 g/mol. The SMILES string of the molecule is CCn1c(Cc2nc(N)ncc2C)nc2ccccc21. The molecular weight excluding hydrogens is 250 g/mol. The van der Waals surface area contributed by atoms with Gasteiger partial charge in [0.15, 0.2) is 0 Å². The lowest BCUT2D eigenvalue weighted by Crippen LogP contribution is -2.07. The summed E-state index contributed by atoms with van der Waals surface area (Å²) in [5.74, 6) is 1.32. The minimum atomic E-state index is 0.310. The van der Waals surface area contributed by atoms with Gasteiger partial charge < -0.3 is 10.3 Å². The van der Waals surface area contributed by atoms with Crippen LogP contribution in [-0.2, 0) is 13.0 Å². The molecule has 0 amide bonds. The molecule has 0 saturated carbocycles. The van der Waals surface area contributed by atoms with E-state index >= 15 is 0 Å². The van der Waals surface area contributed by atoms with Crippen LogP contribution in [0.15, 0.2) is 30.5 Å². The highest BCUT2D eigenvalue weighted by molar-refractivity contribution is 5.76. The summed E-state index contributed by atoms with van der Waals surface area (Å²) in [6.45, 7) is 5.00. The Balaban J connectivity index is 2.08. The molecule has 0 aliphatic heterocycles. The molecule has 0 fully saturated rings. The summed E-state index contributed by atoms with van der Waals surface area (Å²) in [5.41, 5.74) is 9.82. The van der Waals surface area contributed by atoms with Gasteiger partial charge in [-0.3, -0.25) is 0 Å². The topological polar surface area (TPSA) is 69.6 Å². The molecule has 2 heterocycles. The molecule has 0 radical (unpaired) electrons. The molecule has 0 unspecified atom stereocenters. The van der Waals surface area contributed by atoms with Gasteiger partial charge in [-0.05, 0) is 31.5 Å². The summed E-state index contributed by atoms with van der Waals surface area (Å²) in [4.78, 5) is 13.0. The molecule has 2 N–H and O–H groups in total. The number of imidazole rings is 1. The predicted molar refractivity (Wildman–Crippen MR) is 79.4 cm³/mol. The van der Waals surface area contributed by atoms with Crippen molar-refractivity contribution >= 4 is 17.0 Å². The Hall–Kier alpha value is -2.43. The summed E-state index contributed by atoms with van der Waals surface area (Å²) in [5, 5.41) is 0. The van der Waals surface area contributed by atoms with E-state index in [0.29, 0.717) is 12.4 Å². The molecule has 1 aromatic carbocycles. The van der Waals surface area contributed by atoms with E-state index in [2.05, 4.69) is 27.5 Å². The van der Waals surface area contributed by atoms with Crippen LogP contribution >= 0.6 is 0 Å². The van der Waals surface area contributed by atoms with E-state index in [1.165, 1.54) is 0 Å². The van der Waals surface area contributed by atoms with E-state index < -0.39 is 0 Å². The Bertz CT molecular complexity index is 760. The zero-order chi connectivity index (χ0) is 14.1. The van der Waals surface area contributed by atoms with Gasteiger partial charge in [0, 0.05) is 19.2 Å². The normalized spacial score (nSPS) is 11.1. The molecule has 5 heteroatoms. The molecule has 20 heavy (non-hydrogen) atoms. The van der Waals surface area contributed by atoms with Gasteiger partial charge in [-0.1, -0.05) is 12.1 Å². The Morgan fingerprint density at radius 3 is 2.80 bits per heavy atom. The highest BCUT2D eigenvalue weighted by Gasteiger charge is 2.12. The number of hydrogen-bond acceptors (Lipinski definition) is 4. The van der Waals surface area contributed by atoms with Gasteiger partial charge in [-0.2, -0.15) is 0 Å². The fourth-order valence-electron chi connectivity index (χ4n) is 2.43. The number of para-hydroxylation sites is 2. The van der Waals surface area contributed by atoms with Crippen molar-refractivity contribution in [1.82, 2.24) is 19.5 Å². The van der Waals surface area contributed by atoms with E-state index in [-0.39, 0.29) is 0 Å². The van der Waals surface area contributed by atoms with Crippen molar-refractivity contribution < 1.29 is 0 Å². The highest BCUT2D eigenvalue weighted by Crippen LogP contribution is 2.19. The number of hydrogen-bond donors (Lipinski definition) is 1. The first-order valence-corrected chi connectivity index (χ1v) is 6.71. The number of anilines is 1. The molecule has 5 nitrogen and oxygen atoms in total. The van der Waals surface area contributed by atoms with Crippen LogP contribution in [0.5, 0.6) is 0 Å². The van der Waals surface area contributed by atoms with Gasteiger partial charge in [0.2, 0.25) is 5.95 Å². The Morgan fingerprint density at radius 1 is 1.20 bits per heavy atom. The Labute approximate surface area is 117 Å². The van der Waals surface area contributed by atoms with Crippen LogP contribution in [0.25, 0.3) is 11.0 Å². The average molecular weight is 267 g/mol. The van der Waals surface area contributed by atoms with Crippen LogP contribution < -0.4 is 5.73 Å². The minimum absolute atomic E-state index is 0.310. The minimum Gasteiger partial charge on any atom is -0.368 e. The molecule has 0 bridgehead atoms. The first kappa shape index (κ1) is 12.6. The van der Waals surface area contributed by atoms with Crippen molar-refractivity contribution in [3.05, 3.63) is 47.5 Å². The third-order valence-corrected chi connectivity index (χ3v) is 3.47. The van der Waals surface area contributed by atoms with Crippen molar-refractivity contribution in [2.75, 3.05) is 5.73 Å². The van der Waals surface area contributed by atoms with Gasteiger partial charge in [0.1, 0.15) is 5.82 Å². The molecule has 102 valence electrons. The van der Waals surface area contributed by atoms with Gasteiger partial charge in [0.05, 0.1) is 16.7 Å². The second-order valence-electron chi connectivity index (χ2n) is 4.80. The summed E-state index contributed by atoms with van der Waals surface area (Å²) in [6.07, 6.45) is 2.43. The quantitative estimate of drug-likeness (QED) is 0.790. The number of nitrogens with two attached hydrogens (primary N) is 1. The standard InChI is InChI=1S/C15H17N5/c1-3-20-13-7-5-4-6-11(13)18-14(20)8-12-10(2)9-17-15(16)19-12/h4-7,9H,3,8H2,1-2H3,(H2,16,17,19). The number of nitrogen functional groups attached to an aromatic ring is 1. The van der Waals surface area contributed by atoms with Crippen LogP contribution in [0, 0.1) is 6.92 Å². The van der Waals surface area contributed by atoms with E-state index in [9.17, 15) is 0 Å². The smallest absolute Gasteiger partial charge is 0.220 e. The van der Waals surface area contributed by atoms with E-state index in [1.807, 2.05) is 25.1 Å². The lowest BCUT2D eigenvalue weighted by Gasteiger charge is -2.07. The van der Waals surface area contributed by atoms with Gasteiger partial charge in [-0.15, -0.1) is 0 Å². The molecule has 0 aliphatic carbocycles. The number of aromatic nitrogens is 4. The first-order chi connectivity index (χ1) is 9.69. The van der Waals surface area contributed by atoms with Gasteiger partial charge in [-0.25, -0.2) is 15.0 Å². The van der Waals surface area contributed by atoms with Crippen LogP contribution in [0.1, 0.15) is 24.0 Å². The predicted octanol–water partition coefficient (Wildman–Crippen LogP) is 2.33. The Morgan fingerprint density at radius 2 is 2.00 bits per heavy atom. The molecule has 2 aromatic heterocycles. The molecule has 3 rings (SSSR count). The van der Waals surface area contributed by atoms with Crippen molar-refractivity contribution in [3.63, 3.8) is 0 Å². The lowest BCUT2D eigenvalue weighted by molar-refractivity contribution is 0.727. The average Bonchev–Trinajstić information content (AvgIpc) is 2.80. The zero-order valence-electron chi connectivity index (χ0n) is 11.7. The third-order valence-electron chi connectivity index (χ3n) is 3.47.